The molecule has 0 aromatic carbocycles. The van der Waals surface area contributed by atoms with Crippen molar-refractivity contribution in [3.8, 4) is 0 Å². The number of hydrogen-bond acceptors (Lipinski definition) is 3. The van der Waals surface area contributed by atoms with Gasteiger partial charge in [0.25, 0.3) is 0 Å². The van der Waals surface area contributed by atoms with Gasteiger partial charge in [-0.25, -0.2) is 0 Å². The number of nitrogens with one attached hydrogen (secondary N) is 1. The molecule has 0 aliphatic heterocycles. The summed E-state index contributed by atoms with van der Waals surface area (Å²) in [5, 5.41) is 23.3. The number of carbonyl (C=O) groups excluding carboxylic acids is 1. The smallest absolute Gasteiger partial charge is 0.220 e. The van der Waals surface area contributed by atoms with E-state index in [-0.39, 0.29) is 12.5 Å². The zero-order valence-electron chi connectivity index (χ0n) is 38.7. The van der Waals surface area contributed by atoms with E-state index < -0.39 is 12.1 Å². The molecule has 336 valence electrons. The predicted octanol–water partition coefficient (Wildman–Crippen LogP) is 16.8. The normalized spacial score (nSPS) is 12.7. The Balaban J connectivity index is 3.40. The molecular formula is C52H105NO3. The third-order valence-electron chi connectivity index (χ3n) is 12.6. The Morgan fingerprint density at radius 2 is 0.571 bits per heavy atom. The summed E-state index contributed by atoms with van der Waals surface area (Å²) in [6, 6.07) is -0.530. The molecule has 4 heteroatoms. The summed E-state index contributed by atoms with van der Waals surface area (Å²) in [5.41, 5.74) is 0. The van der Waals surface area contributed by atoms with Crippen LogP contribution in [0.2, 0.25) is 0 Å². The Kier molecular flexibility index (Phi) is 48.2. The predicted molar refractivity (Wildman–Crippen MR) is 249 cm³/mol. The zero-order valence-corrected chi connectivity index (χ0v) is 38.7. The molecule has 0 saturated heterocycles. The van der Waals surface area contributed by atoms with Crippen molar-refractivity contribution in [1.82, 2.24) is 5.32 Å². The third kappa shape index (κ3) is 44.5. The van der Waals surface area contributed by atoms with Crippen LogP contribution in [-0.2, 0) is 4.79 Å². The summed E-state index contributed by atoms with van der Waals surface area (Å²) in [4.78, 5) is 12.5. The minimum atomic E-state index is -0.654. The topological polar surface area (TPSA) is 69.6 Å². The molecular weight excluding hydrogens is 687 g/mol. The lowest BCUT2D eigenvalue weighted by Crippen LogP contribution is -2.45. The van der Waals surface area contributed by atoms with Gasteiger partial charge in [0.15, 0.2) is 0 Å². The molecule has 0 heterocycles. The highest BCUT2D eigenvalue weighted by Gasteiger charge is 2.20. The van der Waals surface area contributed by atoms with Crippen molar-refractivity contribution in [2.75, 3.05) is 6.61 Å². The summed E-state index contributed by atoms with van der Waals surface area (Å²) >= 11 is 0. The van der Waals surface area contributed by atoms with E-state index >= 15 is 0 Å². The number of amides is 1. The minimum absolute atomic E-state index is 0.0231. The van der Waals surface area contributed by atoms with Gasteiger partial charge in [-0.3, -0.25) is 4.79 Å². The van der Waals surface area contributed by atoms with E-state index in [1.165, 1.54) is 257 Å². The Morgan fingerprint density at radius 1 is 0.357 bits per heavy atom. The second-order valence-corrected chi connectivity index (χ2v) is 18.3. The quantitative estimate of drug-likeness (QED) is 0.0538. The molecule has 4 nitrogen and oxygen atoms in total. The lowest BCUT2D eigenvalue weighted by atomic mass is 10.0. The maximum Gasteiger partial charge on any atom is 0.220 e. The molecule has 1 amide bonds. The van der Waals surface area contributed by atoms with Gasteiger partial charge in [-0.15, -0.1) is 0 Å². The highest BCUT2D eigenvalue weighted by molar-refractivity contribution is 5.76. The highest BCUT2D eigenvalue weighted by Crippen LogP contribution is 2.18. The standard InChI is InChI=1S/C52H105NO3/c1-3-5-7-9-11-13-15-17-19-21-22-23-24-25-26-27-28-29-30-32-34-36-38-40-42-44-46-48-52(56)53-50(49-54)51(55)47-45-43-41-39-37-35-33-31-20-18-16-14-12-10-8-6-4-2/h50-51,54-55H,3-49H2,1-2H3,(H,53,56)/t50-,51+/m0/s1. The average molecular weight is 792 g/mol. The van der Waals surface area contributed by atoms with Crippen molar-refractivity contribution >= 4 is 5.91 Å². The first kappa shape index (κ1) is 55.4. The Labute approximate surface area is 353 Å². The Hall–Kier alpha value is -0.610. The second-order valence-electron chi connectivity index (χ2n) is 18.3. The van der Waals surface area contributed by atoms with Crippen molar-refractivity contribution in [2.24, 2.45) is 0 Å². The molecule has 0 aromatic heterocycles. The van der Waals surface area contributed by atoms with Crippen LogP contribution >= 0.6 is 0 Å². The number of carbonyl (C=O) groups is 1. The van der Waals surface area contributed by atoms with Gasteiger partial charge in [-0.05, 0) is 12.8 Å². The third-order valence-corrected chi connectivity index (χ3v) is 12.6. The Morgan fingerprint density at radius 3 is 0.804 bits per heavy atom. The van der Waals surface area contributed by atoms with Crippen molar-refractivity contribution in [2.45, 2.75) is 321 Å². The Bertz CT molecular complexity index is 729. The van der Waals surface area contributed by atoms with Gasteiger partial charge < -0.3 is 15.5 Å². The molecule has 0 radical (unpaired) electrons. The molecule has 0 aliphatic carbocycles. The van der Waals surface area contributed by atoms with E-state index in [2.05, 4.69) is 19.2 Å². The van der Waals surface area contributed by atoms with Gasteiger partial charge in [0.05, 0.1) is 18.8 Å². The van der Waals surface area contributed by atoms with Gasteiger partial charge in [0, 0.05) is 6.42 Å². The molecule has 0 spiro atoms. The first-order chi connectivity index (χ1) is 27.7. The molecule has 56 heavy (non-hydrogen) atoms. The van der Waals surface area contributed by atoms with E-state index in [9.17, 15) is 15.0 Å². The van der Waals surface area contributed by atoms with Crippen molar-refractivity contribution in [3.05, 3.63) is 0 Å². The zero-order chi connectivity index (χ0) is 40.7. The lowest BCUT2D eigenvalue weighted by molar-refractivity contribution is -0.123. The number of aliphatic hydroxyl groups is 2. The molecule has 0 saturated carbocycles. The maximum atomic E-state index is 12.5. The number of aliphatic hydroxyl groups excluding tert-OH is 2. The number of hydrogen-bond donors (Lipinski definition) is 3. The fourth-order valence-corrected chi connectivity index (χ4v) is 8.60. The van der Waals surface area contributed by atoms with Crippen molar-refractivity contribution in [1.29, 1.82) is 0 Å². The van der Waals surface area contributed by atoms with E-state index in [0.29, 0.717) is 12.8 Å². The van der Waals surface area contributed by atoms with Gasteiger partial charge in [-0.2, -0.15) is 0 Å². The van der Waals surface area contributed by atoms with Crippen LogP contribution in [-0.4, -0.2) is 34.9 Å². The van der Waals surface area contributed by atoms with Crippen LogP contribution in [0.25, 0.3) is 0 Å². The fourth-order valence-electron chi connectivity index (χ4n) is 8.60. The van der Waals surface area contributed by atoms with Crippen molar-refractivity contribution < 1.29 is 15.0 Å². The SMILES string of the molecule is CCCCCCCCCCCCCCCCCCCCCCCCCCCCCC(=O)N[C@@H](CO)[C@H](O)CCCCCCCCCCCCCCCCCCC. The summed E-state index contributed by atoms with van der Waals surface area (Å²) in [6.07, 6.45) is 60.8. The summed E-state index contributed by atoms with van der Waals surface area (Å²) in [5.74, 6) is -0.0231. The fraction of sp³-hybridized carbons (Fsp3) is 0.981. The summed E-state index contributed by atoms with van der Waals surface area (Å²) in [7, 11) is 0. The van der Waals surface area contributed by atoms with Gasteiger partial charge >= 0.3 is 0 Å². The van der Waals surface area contributed by atoms with Crippen molar-refractivity contribution in [3.63, 3.8) is 0 Å². The number of rotatable bonds is 49. The van der Waals surface area contributed by atoms with Crippen LogP contribution < -0.4 is 5.32 Å². The largest absolute Gasteiger partial charge is 0.394 e. The van der Waals surface area contributed by atoms with Gasteiger partial charge in [0.2, 0.25) is 5.91 Å². The second kappa shape index (κ2) is 48.8. The van der Waals surface area contributed by atoms with E-state index in [1.54, 1.807) is 0 Å². The van der Waals surface area contributed by atoms with Crippen LogP contribution in [0.1, 0.15) is 309 Å². The van der Waals surface area contributed by atoms with Gasteiger partial charge in [-0.1, -0.05) is 290 Å². The molecule has 0 bridgehead atoms. The highest BCUT2D eigenvalue weighted by atomic mass is 16.3. The molecule has 0 unspecified atom stereocenters. The molecule has 2 atom stereocenters. The first-order valence-electron chi connectivity index (χ1n) is 26.2. The van der Waals surface area contributed by atoms with E-state index in [4.69, 9.17) is 0 Å². The van der Waals surface area contributed by atoms with Gasteiger partial charge in [0.1, 0.15) is 0 Å². The monoisotopic (exact) mass is 792 g/mol. The van der Waals surface area contributed by atoms with Crippen LogP contribution in [0.15, 0.2) is 0 Å². The number of unbranched alkanes of at least 4 members (excludes halogenated alkanes) is 42. The first-order valence-corrected chi connectivity index (χ1v) is 26.2. The maximum absolute atomic E-state index is 12.5. The summed E-state index contributed by atoms with van der Waals surface area (Å²) < 4.78 is 0. The van der Waals surface area contributed by atoms with E-state index in [0.717, 1.165) is 25.7 Å². The molecule has 3 N–H and O–H groups in total. The molecule has 0 aliphatic rings. The molecule has 0 fully saturated rings. The van der Waals surface area contributed by atoms with Crippen LogP contribution in [0, 0.1) is 0 Å². The lowest BCUT2D eigenvalue weighted by Gasteiger charge is -2.22. The molecule has 0 aromatic rings. The minimum Gasteiger partial charge on any atom is -0.394 e. The van der Waals surface area contributed by atoms with Crippen LogP contribution in [0.3, 0.4) is 0 Å². The van der Waals surface area contributed by atoms with Crippen LogP contribution in [0.4, 0.5) is 0 Å². The molecule has 0 rings (SSSR count). The average Bonchev–Trinajstić information content (AvgIpc) is 3.20. The van der Waals surface area contributed by atoms with E-state index in [1.807, 2.05) is 0 Å². The summed E-state index contributed by atoms with van der Waals surface area (Å²) in [6.45, 7) is 4.40. The van der Waals surface area contributed by atoms with Crippen LogP contribution in [0.5, 0.6) is 0 Å².